The number of hydrogen-bond acceptors (Lipinski definition) is 5. The van der Waals surface area contributed by atoms with Gasteiger partial charge in [0.05, 0.1) is 13.5 Å². The van der Waals surface area contributed by atoms with Gasteiger partial charge in [-0.2, -0.15) is 0 Å². The van der Waals surface area contributed by atoms with Crippen LogP contribution in [0.15, 0.2) is 53.5 Å². The van der Waals surface area contributed by atoms with Crippen LogP contribution in [0, 0.1) is 6.92 Å². The average Bonchev–Trinajstić information content (AvgIpc) is 2.62. The summed E-state index contributed by atoms with van der Waals surface area (Å²) in [5.41, 5.74) is 2.48. The van der Waals surface area contributed by atoms with Crippen molar-refractivity contribution in [1.29, 1.82) is 0 Å². The Morgan fingerprint density at radius 1 is 1.19 bits per heavy atom. The van der Waals surface area contributed by atoms with Gasteiger partial charge in [-0.15, -0.1) is 0 Å². The number of amides is 2. The number of carbonyl (C=O) groups is 2. The molecule has 0 spiro atoms. The first-order valence-corrected chi connectivity index (χ1v) is 8.20. The molecule has 0 bridgehead atoms. The standard InChI is InChI=1S/C19H20N4O3/c1-12-4-3-5-14(10-12)21-19-22-16(11-17(24)23-19)18(25)20-13-6-8-15(26-2)9-7-13/h3-10,16H,11H2,1-2H3,(H,20,25)(H2,21,22,23,24)/t16-/m1/s1. The molecule has 1 aliphatic rings. The van der Waals surface area contributed by atoms with E-state index in [2.05, 4.69) is 20.9 Å². The van der Waals surface area contributed by atoms with Crippen molar-refractivity contribution < 1.29 is 14.3 Å². The maximum atomic E-state index is 12.5. The molecule has 2 amide bonds. The summed E-state index contributed by atoms with van der Waals surface area (Å²) in [6.45, 7) is 1.97. The Labute approximate surface area is 151 Å². The van der Waals surface area contributed by atoms with Gasteiger partial charge in [0.1, 0.15) is 11.8 Å². The number of methoxy groups -OCH3 is 1. The molecular weight excluding hydrogens is 332 g/mol. The molecule has 0 fully saturated rings. The smallest absolute Gasteiger partial charge is 0.249 e. The van der Waals surface area contributed by atoms with Gasteiger partial charge in [0.15, 0.2) is 0 Å². The molecule has 26 heavy (non-hydrogen) atoms. The summed E-state index contributed by atoms with van der Waals surface area (Å²) in [4.78, 5) is 28.7. The van der Waals surface area contributed by atoms with Gasteiger partial charge in [0.2, 0.25) is 17.8 Å². The fourth-order valence-electron chi connectivity index (χ4n) is 2.57. The second-order valence-electron chi connectivity index (χ2n) is 5.96. The van der Waals surface area contributed by atoms with Crippen LogP contribution in [0.3, 0.4) is 0 Å². The zero-order valence-electron chi connectivity index (χ0n) is 14.6. The van der Waals surface area contributed by atoms with Gasteiger partial charge in [-0.05, 0) is 48.9 Å². The van der Waals surface area contributed by atoms with E-state index in [1.807, 2.05) is 31.2 Å². The van der Waals surface area contributed by atoms with Crippen molar-refractivity contribution in [3.05, 3.63) is 54.1 Å². The van der Waals surface area contributed by atoms with Crippen LogP contribution < -0.4 is 20.7 Å². The minimum Gasteiger partial charge on any atom is -0.497 e. The molecule has 2 aromatic rings. The third-order valence-electron chi connectivity index (χ3n) is 3.86. The normalized spacial score (nSPS) is 16.3. The lowest BCUT2D eigenvalue weighted by atomic mass is 10.1. The molecule has 3 rings (SSSR count). The Balaban J connectivity index is 1.71. The first-order chi connectivity index (χ1) is 12.5. The SMILES string of the molecule is COc1ccc(NC(=O)[C@H]2CC(=O)NC(Nc3cccc(C)c3)=N2)cc1. The summed E-state index contributed by atoms with van der Waals surface area (Å²) < 4.78 is 5.09. The third kappa shape index (κ3) is 4.38. The van der Waals surface area contributed by atoms with E-state index in [4.69, 9.17) is 4.74 Å². The Bertz CT molecular complexity index is 846. The molecule has 3 N–H and O–H groups in total. The van der Waals surface area contributed by atoms with Crippen molar-refractivity contribution in [3.63, 3.8) is 0 Å². The molecule has 1 heterocycles. The molecule has 0 aromatic heterocycles. The van der Waals surface area contributed by atoms with E-state index in [9.17, 15) is 9.59 Å². The average molecular weight is 352 g/mol. The first-order valence-electron chi connectivity index (χ1n) is 8.20. The molecule has 1 aliphatic heterocycles. The second-order valence-corrected chi connectivity index (χ2v) is 5.96. The van der Waals surface area contributed by atoms with Crippen LogP contribution in [0.1, 0.15) is 12.0 Å². The fourth-order valence-corrected chi connectivity index (χ4v) is 2.57. The highest BCUT2D eigenvalue weighted by Gasteiger charge is 2.27. The maximum absolute atomic E-state index is 12.5. The van der Waals surface area contributed by atoms with Crippen LogP contribution in [0.25, 0.3) is 0 Å². The Morgan fingerprint density at radius 2 is 1.96 bits per heavy atom. The number of guanidine groups is 1. The molecule has 7 heteroatoms. The summed E-state index contributed by atoms with van der Waals surface area (Å²) in [7, 11) is 1.58. The van der Waals surface area contributed by atoms with E-state index in [1.54, 1.807) is 31.4 Å². The molecule has 2 aromatic carbocycles. The number of nitrogens with one attached hydrogen (secondary N) is 3. The van der Waals surface area contributed by atoms with Gasteiger partial charge < -0.3 is 15.4 Å². The molecule has 0 unspecified atom stereocenters. The number of rotatable bonds is 4. The quantitative estimate of drug-likeness (QED) is 0.787. The van der Waals surface area contributed by atoms with Gasteiger partial charge in [-0.3, -0.25) is 14.9 Å². The van der Waals surface area contributed by atoms with Crippen molar-refractivity contribution in [2.75, 3.05) is 17.7 Å². The van der Waals surface area contributed by atoms with E-state index < -0.39 is 6.04 Å². The van der Waals surface area contributed by atoms with Crippen molar-refractivity contribution in [1.82, 2.24) is 5.32 Å². The van der Waals surface area contributed by atoms with Crippen LogP contribution in [-0.2, 0) is 9.59 Å². The van der Waals surface area contributed by atoms with E-state index >= 15 is 0 Å². The first kappa shape index (κ1) is 17.5. The fraction of sp³-hybridized carbons (Fsp3) is 0.211. The van der Waals surface area contributed by atoms with Gasteiger partial charge in [0, 0.05) is 11.4 Å². The minimum absolute atomic E-state index is 0.000978. The van der Waals surface area contributed by atoms with Crippen LogP contribution >= 0.6 is 0 Å². The highest BCUT2D eigenvalue weighted by molar-refractivity contribution is 6.10. The number of carbonyl (C=O) groups excluding carboxylic acids is 2. The Morgan fingerprint density at radius 3 is 2.65 bits per heavy atom. The monoisotopic (exact) mass is 352 g/mol. The number of benzene rings is 2. The number of nitrogens with zero attached hydrogens (tertiary/aromatic N) is 1. The number of ether oxygens (including phenoxy) is 1. The van der Waals surface area contributed by atoms with Crippen molar-refractivity contribution in [3.8, 4) is 5.75 Å². The van der Waals surface area contributed by atoms with E-state index in [1.165, 1.54) is 0 Å². The Kier molecular flexibility index (Phi) is 5.17. The summed E-state index contributed by atoms with van der Waals surface area (Å²) in [5.74, 6) is 0.364. The summed E-state index contributed by atoms with van der Waals surface area (Å²) in [6.07, 6.45) is 0.000978. The summed E-state index contributed by atoms with van der Waals surface area (Å²) in [6, 6.07) is 13.8. The van der Waals surface area contributed by atoms with Crippen LogP contribution in [0.5, 0.6) is 5.75 Å². The van der Waals surface area contributed by atoms with Gasteiger partial charge in [-0.1, -0.05) is 12.1 Å². The lowest BCUT2D eigenvalue weighted by molar-refractivity contribution is -0.124. The third-order valence-corrected chi connectivity index (χ3v) is 3.86. The largest absolute Gasteiger partial charge is 0.497 e. The predicted octanol–water partition coefficient (Wildman–Crippen LogP) is 2.30. The summed E-state index contributed by atoms with van der Waals surface area (Å²) >= 11 is 0. The van der Waals surface area contributed by atoms with Crippen molar-refractivity contribution in [2.45, 2.75) is 19.4 Å². The molecule has 0 radical (unpaired) electrons. The molecular formula is C19H20N4O3. The van der Waals surface area contributed by atoms with Gasteiger partial charge in [-0.25, -0.2) is 4.99 Å². The lowest BCUT2D eigenvalue weighted by Crippen LogP contribution is -2.45. The topological polar surface area (TPSA) is 91.8 Å². The zero-order chi connectivity index (χ0) is 18.5. The molecule has 0 aliphatic carbocycles. The maximum Gasteiger partial charge on any atom is 0.249 e. The molecule has 0 saturated heterocycles. The highest BCUT2D eigenvalue weighted by atomic mass is 16.5. The number of anilines is 2. The zero-order valence-corrected chi connectivity index (χ0v) is 14.6. The van der Waals surface area contributed by atoms with Crippen molar-refractivity contribution in [2.24, 2.45) is 4.99 Å². The number of hydrogen-bond donors (Lipinski definition) is 3. The van der Waals surface area contributed by atoms with Crippen molar-refractivity contribution >= 4 is 29.1 Å². The molecule has 1 atom stereocenters. The van der Waals surface area contributed by atoms with Crippen LogP contribution in [0.4, 0.5) is 11.4 Å². The number of aliphatic imine (C=N–C) groups is 1. The highest BCUT2D eigenvalue weighted by Crippen LogP contribution is 2.17. The number of aryl methyl sites for hydroxylation is 1. The minimum atomic E-state index is -0.793. The van der Waals surface area contributed by atoms with Crippen LogP contribution in [0.2, 0.25) is 0 Å². The Hall–Kier alpha value is -3.35. The van der Waals surface area contributed by atoms with Crippen LogP contribution in [-0.4, -0.2) is 30.9 Å². The van der Waals surface area contributed by atoms with Gasteiger partial charge in [0.25, 0.3) is 0 Å². The summed E-state index contributed by atoms with van der Waals surface area (Å²) in [5, 5.41) is 8.46. The molecule has 0 saturated carbocycles. The van der Waals surface area contributed by atoms with Gasteiger partial charge >= 0.3 is 0 Å². The van der Waals surface area contributed by atoms with E-state index in [0.29, 0.717) is 11.4 Å². The lowest BCUT2D eigenvalue weighted by Gasteiger charge is -2.21. The second kappa shape index (κ2) is 7.69. The molecule has 134 valence electrons. The van der Waals surface area contributed by atoms with E-state index in [-0.39, 0.29) is 24.2 Å². The molecule has 7 nitrogen and oxygen atoms in total. The van der Waals surface area contributed by atoms with E-state index in [0.717, 1.165) is 11.3 Å². The predicted molar refractivity (Wildman–Crippen MR) is 100 cm³/mol.